The van der Waals surface area contributed by atoms with E-state index in [1.54, 1.807) is 19.1 Å². The van der Waals surface area contributed by atoms with Gasteiger partial charge in [-0.3, -0.25) is 14.9 Å². The maximum Gasteiger partial charge on any atom is 0.273 e. The fourth-order valence-electron chi connectivity index (χ4n) is 2.92. The van der Waals surface area contributed by atoms with Crippen LogP contribution < -0.4 is 0 Å². The molecule has 1 aromatic carbocycles. The Morgan fingerprint density at radius 1 is 1.52 bits per heavy atom. The molecular formula is C15H19BrN2O3. The van der Waals surface area contributed by atoms with Gasteiger partial charge in [-0.15, -0.1) is 0 Å². The maximum atomic E-state index is 12.7. The summed E-state index contributed by atoms with van der Waals surface area (Å²) in [5.74, 6) is -0.0757. The van der Waals surface area contributed by atoms with Crippen molar-refractivity contribution in [2.24, 2.45) is 0 Å². The standard InChI is InChI=1S/C15H19BrN2O3/c1-11-13(7-2-8-14(11)18(20)21)15(19)17-10-4-6-12(17)5-3-9-16/h2,7-8,12H,3-6,9-10H2,1H3. The zero-order valence-electron chi connectivity index (χ0n) is 12.0. The summed E-state index contributed by atoms with van der Waals surface area (Å²) in [5.41, 5.74) is 0.922. The quantitative estimate of drug-likeness (QED) is 0.460. The van der Waals surface area contributed by atoms with Gasteiger partial charge < -0.3 is 4.90 Å². The molecule has 114 valence electrons. The Morgan fingerprint density at radius 2 is 2.29 bits per heavy atom. The monoisotopic (exact) mass is 354 g/mol. The van der Waals surface area contributed by atoms with Crippen LogP contribution in [0.5, 0.6) is 0 Å². The summed E-state index contributed by atoms with van der Waals surface area (Å²) < 4.78 is 0. The van der Waals surface area contributed by atoms with Crippen molar-refractivity contribution >= 4 is 27.5 Å². The van der Waals surface area contributed by atoms with Gasteiger partial charge in [0.05, 0.1) is 4.92 Å². The molecule has 0 aromatic heterocycles. The van der Waals surface area contributed by atoms with Crippen molar-refractivity contribution in [3.05, 3.63) is 39.4 Å². The normalized spacial score (nSPS) is 18.0. The Hall–Kier alpha value is -1.43. The van der Waals surface area contributed by atoms with E-state index in [-0.39, 0.29) is 17.6 Å². The van der Waals surface area contributed by atoms with Crippen LogP contribution in [-0.2, 0) is 0 Å². The van der Waals surface area contributed by atoms with Crippen LogP contribution in [0, 0.1) is 17.0 Å². The lowest BCUT2D eigenvalue weighted by Crippen LogP contribution is -2.36. The third kappa shape index (κ3) is 3.43. The highest BCUT2D eigenvalue weighted by Gasteiger charge is 2.30. The molecule has 1 atom stereocenters. The number of carbonyl (C=O) groups excluding carboxylic acids is 1. The molecule has 0 bridgehead atoms. The van der Waals surface area contributed by atoms with Crippen molar-refractivity contribution in [1.29, 1.82) is 0 Å². The number of alkyl halides is 1. The van der Waals surface area contributed by atoms with E-state index in [4.69, 9.17) is 0 Å². The fraction of sp³-hybridized carbons (Fsp3) is 0.533. The third-order valence-corrected chi connectivity index (χ3v) is 4.60. The highest BCUT2D eigenvalue weighted by Crippen LogP contribution is 2.27. The number of likely N-dealkylation sites (tertiary alicyclic amines) is 1. The molecule has 21 heavy (non-hydrogen) atoms. The zero-order chi connectivity index (χ0) is 15.4. The minimum Gasteiger partial charge on any atom is -0.336 e. The lowest BCUT2D eigenvalue weighted by atomic mass is 10.0. The van der Waals surface area contributed by atoms with Crippen LogP contribution in [0.25, 0.3) is 0 Å². The van der Waals surface area contributed by atoms with Crippen LogP contribution in [0.3, 0.4) is 0 Å². The summed E-state index contributed by atoms with van der Waals surface area (Å²) in [7, 11) is 0. The predicted molar refractivity (Wildman–Crippen MR) is 84.9 cm³/mol. The molecule has 1 heterocycles. The first kappa shape index (κ1) is 15.9. The number of hydrogen-bond acceptors (Lipinski definition) is 3. The van der Waals surface area contributed by atoms with Crippen molar-refractivity contribution < 1.29 is 9.72 Å². The summed E-state index contributed by atoms with van der Waals surface area (Å²) in [6.45, 7) is 2.39. The third-order valence-electron chi connectivity index (χ3n) is 4.04. The number of benzene rings is 1. The SMILES string of the molecule is Cc1c(C(=O)N2CCCC2CCCBr)cccc1[N+](=O)[O-]. The number of hydrogen-bond donors (Lipinski definition) is 0. The van der Waals surface area contributed by atoms with E-state index < -0.39 is 4.92 Å². The van der Waals surface area contributed by atoms with Crippen molar-refractivity contribution in [2.75, 3.05) is 11.9 Å². The van der Waals surface area contributed by atoms with Gasteiger partial charge in [-0.2, -0.15) is 0 Å². The first-order chi connectivity index (χ1) is 10.1. The van der Waals surface area contributed by atoms with Gasteiger partial charge in [-0.05, 0) is 38.7 Å². The molecule has 5 nitrogen and oxygen atoms in total. The van der Waals surface area contributed by atoms with Gasteiger partial charge in [0.25, 0.3) is 11.6 Å². The summed E-state index contributed by atoms with van der Waals surface area (Å²) in [6.07, 6.45) is 4.03. The molecule has 1 saturated heterocycles. The molecule has 1 aliphatic rings. The molecule has 1 amide bonds. The van der Waals surface area contributed by atoms with Crippen LogP contribution in [-0.4, -0.2) is 33.6 Å². The van der Waals surface area contributed by atoms with E-state index in [0.29, 0.717) is 11.1 Å². The largest absolute Gasteiger partial charge is 0.336 e. The average Bonchev–Trinajstić information content (AvgIpc) is 2.92. The summed E-state index contributed by atoms with van der Waals surface area (Å²) >= 11 is 3.42. The highest BCUT2D eigenvalue weighted by molar-refractivity contribution is 9.09. The average molecular weight is 355 g/mol. The Balaban J connectivity index is 2.23. The minimum absolute atomic E-state index is 0.0112. The summed E-state index contributed by atoms with van der Waals surface area (Å²) in [4.78, 5) is 25.2. The molecule has 0 spiro atoms. The number of nitro groups is 1. The molecule has 1 unspecified atom stereocenters. The van der Waals surface area contributed by atoms with E-state index in [2.05, 4.69) is 15.9 Å². The van der Waals surface area contributed by atoms with Gasteiger partial charge in [-0.25, -0.2) is 0 Å². The molecule has 1 aliphatic heterocycles. The zero-order valence-corrected chi connectivity index (χ0v) is 13.6. The lowest BCUT2D eigenvalue weighted by Gasteiger charge is -2.25. The van der Waals surface area contributed by atoms with E-state index in [1.165, 1.54) is 6.07 Å². The second-order valence-electron chi connectivity index (χ2n) is 5.33. The maximum absolute atomic E-state index is 12.7. The minimum atomic E-state index is -0.432. The van der Waals surface area contributed by atoms with Gasteiger partial charge in [0.1, 0.15) is 0 Å². The molecule has 2 rings (SSSR count). The van der Waals surface area contributed by atoms with Gasteiger partial charge in [0.2, 0.25) is 0 Å². The molecule has 0 N–H and O–H groups in total. The number of halogens is 1. The summed E-state index contributed by atoms with van der Waals surface area (Å²) in [5, 5.41) is 11.9. The summed E-state index contributed by atoms with van der Waals surface area (Å²) in [6, 6.07) is 4.97. The van der Waals surface area contributed by atoms with Gasteiger partial charge in [0.15, 0.2) is 0 Å². The first-order valence-corrected chi connectivity index (χ1v) is 8.29. The van der Waals surface area contributed by atoms with Crippen molar-refractivity contribution in [2.45, 2.75) is 38.6 Å². The van der Waals surface area contributed by atoms with Crippen LogP contribution in [0.4, 0.5) is 5.69 Å². The highest BCUT2D eigenvalue weighted by atomic mass is 79.9. The Morgan fingerprint density at radius 3 is 2.95 bits per heavy atom. The Labute approximate surface area is 132 Å². The van der Waals surface area contributed by atoms with E-state index in [9.17, 15) is 14.9 Å². The smallest absolute Gasteiger partial charge is 0.273 e. The molecular weight excluding hydrogens is 336 g/mol. The Kier molecular flexibility index (Phi) is 5.33. The molecule has 0 aliphatic carbocycles. The first-order valence-electron chi connectivity index (χ1n) is 7.17. The van der Waals surface area contributed by atoms with Gasteiger partial charge in [-0.1, -0.05) is 22.0 Å². The van der Waals surface area contributed by atoms with E-state index >= 15 is 0 Å². The topological polar surface area (TPSA) is 63.5 Å². The molecule has 0 radical (unpaired) electrons. The molecule has 1 fully saturated rings. The molecule has 1 aromatic rings. The Bertz CT molecular complexity index is 548. The van der Waals surface area contributed by atoms with Gasteiger partial charge >= 0.3 is 0 Å². The van der Waals surface area contributed by atoms with Crippen LogP contribution in [0.15, 0.2) is 18.2 Å². The fourth-order valence-corrected chi connectivity index (χ4v) is 3.25. The predicted octanol–water partition coefficient (Wildman–Crippen LogP) is 3.68. The lowest BCUT2D eigenvalue weighted by molar-refractivity contribution is -0.385. The van der Waals surface area contributed by atoms with Crippen LogP contribution >= 0.6 is 15.9 Å². The number of nitro benzene ring substituents is 1. The number of rotatable bonds is 5. The van der Waals surface area contributed by atoms with Crippen molar-refractivity contribution in [1.82, 2.24) is 4.90 Å². The van der Waals surface area contributed by atoms with Crippen molar-refractivity contribution in [3.63, 3.8) is 0 Å². The van der Waals surface area contributed by atoms with Crippen molar-refractivity contribution in [3.8, 4) is 0 Å². The van der Waals surface area contributed by atoms with Crippen LogP contribution in [0.2, 0.25) is 0 Å². The van der Waals surface area contributed by atoms with E-state index in [1.807, 2.05) is 4.90 Å². The molecule has 6 heteroatoms. The van der Waals surface area contributed by atoms with Gasteiger partial charge in [0, 0.05) is 35.1 Å². The molecule has 0 saturated carbocycles. The van der Waals surface area contributed by atoms with E-state index in [0.717, 1.165) is 37.6 Å². The number of carbonyl (C=O) groups is 1. The number of nitrogens with zero attached hydrogens (tertiary/aromatic N) is 2. The number of amides is 1. The van der Waals surface area contributed by atoms with Crippen LogP contribution in [0.1, 0.15) is 41.6 Å². The second-order valence-corrected chi connectivity index (χ2v) is 6.13. The second kappa shape index (κ2) is 7.02.